The van der Waals surface area contributed by atoms with Gasteiger partial charge in [0.1, 0.15) is 0 Å². The second-order valence-electron chi connectivity index (χ2n) is 2.73. The molecule has 0 aliphatic heterocycles. The quantitative estimate of drug-likeness (QED) is 0.396. The van der Waals surface area contributed by atoms with E-state index in [0.29, 0.717) is 0 Å². The summed E-state index contributed by atoms with van der Waals surface area (Å²) in [5.41, 5.74) is 0. The molecule has 0 amide bonds. The lowest BCUT2D eigenvalue weighted by Crippen LogP contribution is -1.90. The first-order chi connectivity index (χ1) is 5.66. The van der Waals surface area contributed by atoms with Gasteiger partial charge in [0.25, 0.3) is 0 Å². The van der Waals surface area contributed by atoms with Crippen LogP contribution in [-0.2, 0) is 4.74 Å². The van der Waals surface area contributed by atoms with Gasteiger partial charge in [-0.1, -0.05) is 29.3 Å². The first kappa shape index (κ1) is 11.8. The topological polar surface area (TPSA) is 9.23 Å². The van der Waals surface area contributed by atoms with Crippen LogP contribution in [0.15, 0.2) is 22.4 Å². The first-order valence-electron chi connectivity index (χ1n) is 4.30. The summed E-state index contributed by atoms with van der Waals surface area (Å²) in [5, 5.41) is 0. The van der Waals surface area contributed by atoms with Crippen LogP contribution in [0.25, 0.3) is 0 Å². The molecule has 0 saturated carbocycles. The molecule has 0 heterocycles. The number of ether oxygens (including phenoxy) is 1. The summed E-state index contributed by atoms with van der Waals surface area (Å²) >= 11 is 3.35. The molecule has 0 aromatic carbocycles. The van der Waals surface area contributed by atoms with Crippen molar-refractivity contribution in [2.75, 3.05) is 6.61 Å². The molecule has 12 heavy (non-hydrogen) atoms. The van der Waals surface area contributed by atoms with Crippen molar-refractivity contribution >= 4 is 15.9 Å². The van der Waals surface area contributed by atoms with Crippen molar-refractivity contribution in [3.05, 3.63) is 22.4 Å². The van der Waals surface area contributed by atoms with Gasteiger partial charge in [-0.3, -0.25) is 0 Å². The molecule has 0 bridgehead atoms. The third-order valence-electron chi connectivity index (χ3n) is 1.38. The Morgan fingerprint density at radius 3 is 2.50 bits per heavy atom. The Kier molecular flexibility index (Phi) is 7.26. The summed E-state index contributed by atoms with van der Waals surface area (Å²) in [7, 11) is 0. The summed E-state index contributed by atoms with van der Waals surface area (Å²) in [6.07, 6.45) is 6.27. The van der Waals surface area contributed by atoms with Crippen LogP contribution < -0.4 is 0 Å². The van der Waals surface area contributed by atoms with Crippen molar-refractivity contribution < 1.29 is 4.74 Å². The zero-order valence-electron chi connectivity index (χ0n) is 8.06. The van der Waals surface area contributed by atoms with E-state index in [0.717, 1.165) is 23.3 Å². The third kappa shape index (κ3) is 7.86. The molecule has 70 valence electrons. The smallest absolute Gasteiger partial charge is 0.0929 e. The maximum atomic E-state index is 5.43. The Morgan fingerprint density at radius 2 is 2.00 bits per heavy atom. The summed E-state index contributed by atoms with van der Waals surface area (Å²) in [6, 6.07) is 0. The van der Waals surface area contributed by atoms with E-state index in [-0.39, 0.29) is 0 Å². The van der Waals surface area contributed by atoms with Gasteiger partial charge >= 0.3 is 0 Å². The van der Waals surface area contributed by atoms with E-state index in [9.17, 15) is 0 Å². The van der Waals surface area contributed by atoms with Crippen molar-refractivity contribution in [1.82, 2.24) is 0 Å². The van der Waals surface area contributed by atoms with Crippen molar-refractivity contribution in [3.63, 3.8) is 0 Å². The van der Waals surface area contributed by atoms with Crippen LogP contribution in [-0.4, -0.2) is 6.61 Å². The predicted octanol–water partition coefficient (Wildman–Crippen LogP) is 4.01. The zero-order chi connectivity index (χ0) is 9.40. The Bertz CT molecular complexity index is 167. The Hall–Kier alpha value is -0.240. The van der Waals surface area contributed by atoms with Crippen LogP contribution in [0.2, 0.25) is 0 Å². The normalized spacial score (nSPS) is 13.3. The highest BCUT2D eigenvalue weighted by Crippen LogP contribution is 2.05. The van der Waals surface area contributed by atoms with Crippen molar-refractivity contribution in [2.24, 2.45) is 0 Å². The van der Waals surface area contributed by atoms with E-state index >= 15 is 0 Å². The van der Waals surface area contributed by atoms with Gasteiger partial charge in [-0.05, 0) is 36.9 Å². The molecule has 1 nitrogen and oxygen atoms in total. The minimum Gasteiger partial charge on any atom is -0.498 e. The number of unbranched alkanes of at least 4 members (excludes halogenated alkanes) is 1. The van der Waals surface area contributed by atoms with Crippen LogP contribution in [0.3, 0.4) is 0 Å². The minimum atomic E-state index is 0.827. The van der Waals surface area contributed by atoms with E-state index in [1.165, 1.54) is 6.42 Å². The molecule has 0 aromatic rings. The van der Waals surface area contributed by atoms with Gasteiger partial charge in [0.2, 0.25) is 0 Å². The molecule has 0 unspecified atom stereocenters. The maximum absolute atomic E-state index is 5.43. The Balaban J connectivity index is 3.63. The highest BCUT2D eigenvalue weighted by Gasteiger charge is 1.87. The van der Waals surface area contributed by atoms with Gasteiger partial charge in [0.05, 0.1) is 12.4 Å². The summed E-state index contributed by atoms with van der Waals surface area (Å²) in [6.45, 7) is 6.96. The molecule has 0 aliphatic rings. The summed E-state index contributed by atoms with van der Waals surface area (Å²) < 4.78 is 6.54. The van der Waals surface area contributed by atoms with Gasteiger partial charge in [0.15, 0.2) is 0 Å². The number of hydrogen-bond acceptors (Lipinski definition) is 1. The van der Waals surface area contributed by atoms with Gasteiger partial charge in [-0.2, -0.15) is 0 Å². The Morgan fingerprint density at radius 1 is 1.33 bits per heavy atom. The molecule has 0 fully saturated rings. The van der Waals surface area contributed by atoms with Gasteiger partial charge in [-0.25, -0.2) is 0 Å². The van der Waals surface area contributed by atoms with E-state index < -0.39 is 0 Å². The molecule has 0 rings (SSSR count). The predicted molar refractivity (Wildman–Crippen MR) is 57.3 cm³/mol. The molecule has 0 atom stereocenters. The first-order valence-corrected chi connectivity index (χ1v) is 5.09. The van der Waals surface area contributed by atoms with Crippen molar-refractivity contribution in [2.45, 2.75) is 33.6 Å². The van der Waals surface area contributed by atoms with E-state index in [1.54, 1.807) is 0 Å². The van der Waals surface area contributed by atoms with Crippen LogP contribution in [0, 0.1) is 0 Å². The highest BCUT2D eigenvalue weighted by molar-refractivity contribution is 9.11. The molecular weight excluding hydrogens is 216 g/mol. The minimum absolute atomic E-state index is 0.827. The number of allylic oxidation sites excluding steroid dienone is 4. The fourth-order valence-corrected chi connectivity index (χ4v) is 0.790. The largest absolute Gasteiger partial charge is 0.498 e. The average molecular weight is 233 g/mol. The molecule has 0 radical (unpaired) electrons. The second kappa shape index (κ2) is 7.41. The molecule has 0 aliphatic carbocycles. The number of hydrogen-bond donors (Lipinski definition) is 0. The summed E-state index contributed by atoms with van der Waals surface area (Å²) in [5.74, 6) is 0.974. The van der Waals surface area contributed by atoms with Gasteiger partial charge in [-0.15, -0.1) is 0 Å². The molecule has 0 saturated heterocycles. The SMILES string of the molecule is CCCCO/C(C)=C/C=C(\C)Br. The monoisotopic (exact) mass is 232 g/mol. The molecule has 0 spiro atoms. The van der Waals surface area contributed by atoms with Gasteiger partial charge < -0.3 is 4.74 Å². The van der Waals surface area contributed by atoms with E-state index in [2.05, 4.69) is 22.9 Å². The number of halogens is 1. The van der Waals surface area contributed by atoms with E-state index in [1.807, 2.05) is 26.0 Å². The maximum Gasteiger partial charge on any atom is 0.0929 e. The lowest BCUT2D eigenvalue weighted by molar-refractivity contribution is 0.209. The fourth-order valence-electron chi connectivity index (χ4n) is 0.658. The van der Waals surface area contributed by atoms with E-state index in [4.69, 9.17) is 4.74 Å². The lowest BCUT2D eigenvalue weighted by atomic mass is 10.3. The van der Waals surface area contributed by atoms with Crippen LogP contribution in [0.1, 0.15) is 33.6 Å². The number of rotatable bonds is 5. The van der Waals surface area contributed by atoms with Crippen molar-refractivity contribution in [1.29, 1.82) is 0 Å². The van der Waals surface area contributed by atoms with Crippen molar-refractivity contribution in [3.8, 4) is 0 Å². The van der Waals surface area contributed by atoms with Crippen LogP contribution in [0.4, 0.5) is 0 Å². The molecule has 2 heteroatoms. The van der Waals surface area contributed by atoms with Gasteiger partial charge in [0, 0.05) is 0 Å². The molecule has 0 N–H and O–H groups in total. The Labute approximate surface area is 83.6 Å². The molecule has 0 aromatic heterocycles. The van der Waals surface area contributed by atoms with Crippen LogP contribution in [0.5, 0.6) is 0 Å². The third-order valence-corrected chi connectivity index (χ3v) is 1.64. The zero-order valence-corrected chi connectivity index (χ0v) is 9.65. The second-order valence-corrected chi connectivity index (χ2v) is 3.98. The highest BCUT2D eigenvalue weighted by atomic mass is 79.9. The average Bonchev–Trinajstić information content (AvgIpc) is 2.01. The fraction of sp³-hybridized carbons (Fsp3) is 0.600. The summed E-state index contributed by atoms with van der Waals surface area (Å²) in [4.78, 5) is 0. The standard InChI is InChI=1S/C10H17BrO/c1-4-5-8-12-10(3)7-6-9(2)11/h6-7H,4-5,8H2,1-3H3/b9-6+,10-7+. The van der Waals surface area contributed by atoms with Crippen LogP contribution >= 0.6 is 15.9 Å². The lowest BCUT2D eigenvalue weighted by Gasteiger charge is -2.03. The molecular formula is C10H17BrO.